The van der Waals surface area contributed by atoms with Crippen LogP contribution < -0.4 is 11.1 Å². The normalized spacial score (nSPS) is 10.8. The molecule has 1 heterocycles. The number of amides is 1. The van der Waals surface area contributed by atoms with Crippen LogP contribution in [0.5, 0.6) is 0 Å². The number of nitrogens with two attached hydrogens (primary N) is 1. The molecule has 1 amide bonds. The molecule has 0 aliphatic rings. The number of nitrogens with one attached hydrogen (secondary N) is 2. The highest BCUT2D eigenvalue weighted by atomic mass is 79.9. The van der Waals surface area contributed by atoms with Gasteiger partial charge in [-0.15, -0.1) is 0 Å². The van der Waals surface area contributed by atoms with Gasteiger partial charge in [-0.2, -0.15) is 0 Å². The van der Waals surface area contributed by atoms with Crippen molar-refractivity contribution >= 4 is 44.1 Å². The second-order valence-corrected chi connectivity index (χ2v) is 5.49. The highest BCUT2D eigenvalue weighted by molar-refractivity contribution is 9.10. The SMILES string of the molecule is Nc1cccc2cc(C(=O)Nc3cc(Br)ccc3F)[nH]c12. The fourth-order valence-electron chi connectivity index (χ4n) is 2.08. The third-order valence-electron chi connectivity index (χ3n) is 3.11. The zero-order valence-electron chi connectivity index (χ0n) is 10.8. The first-order valence-electron chi connectivity index (χ1n) is 6.18. The van der Waals surface area contributed by atoms with Crippen LogP contribution in [0.25, 0.3) is 10.9 Å². The first-order valence-corrected chi connectivity index (χ1v) is 6.97. The minimum Gasteiger partial charge on any atom is -0.397 e. The van der Waals surface area contributed by atoms with Crippen LogP contribution >= 0.6 is 15.9 Å². The van der Waals surface area contributed by atoms with Crippen molar-refractivity contribution < 1.29 is 9.18 Å². The van der Waals surface area contributed by atoms with Gasteiger partial charge in [-0.3, -0.25) is 4.79 Å². The second kappa shape index (κ2) is 5.21. The van der Waals surface area contributed by atoms with Gasteiger partial charge in [-0.1, -0.05) is 28.1 Å². The lowest BCUT2D eigenvalue weighted by Gasteiger charge is -2.05. The Morgan fingerprint density at radius 3 is 2.81 bits per heavy atom. The van der Waals surface area contributed by atoms with Crippen LogP contribution in [0, 0.1) is 5.82 Å². The van der Waals surface area contributed by atoms with Gasteiger partial charge in [0.05, 0.1) is 16.9 Å². The molecule has 4 N–H and O–H groups in total. The minimum absolute atomic E-state index is 0.112. The number of H-pyrrole nitrogens is 1. The number of rotatable bonds is 2. The van der Waals surface area contributed by atoms with E-state index in [1.807, 2.05) is 6.07 Å². The zero-order chi connectivity index (χ0) is 15.0. The molecular weight excluding hydrogens is 337 g/mol. The highest BCUT2D eigenvalue weighted by Gasteiger charge is 2.13. The number of carbonyl (C=O) groups excluding carboxylic acids is 1. The number of fused-ring (bicyclic) bond motifs is 1. The van der Waals surface area contributed by atoms with E-state index in [1.165, 1.54) is 12.1 Å². The summed E-state index contributed by atoms with van der Waals surface area (Å²) in [6.07, 6.45) is 0. The topological polar surface area (TPSA) is 70.9 Å². The van der Waals surface area contributed by atoms with E-state index >= 15 is 0 Å². The van der Waals surface area contributed by atoms with Crippen molar-refractivity contribution in [2.24, 2.45) is 0 Å². The quantitative estimate of drug-likeness (QED) is 0.615. The maximum atomic E-state index is 13.6. The fraction of sp³-hybridized carbons (Fsp3) is 0. The molecule has 1 aromatic heterocycles. The summed E-state index contributed by atoms with van der Waals surface area (Å²) in [6, 6.07) is 11.4. The van der Waals surface area contributed by atoms with Gasteiger partial charge >= 0.3 is 0 Å². The largest absolute Gasteiger partial charge is 0.397 e. The monoisotopic (exact) mass is 347 g/mol. The summed E-state index contributed by atoms with van der Waals surface area (Å²) in [5.41, 5.74) is 7.52. The number of aromatic amines is 1. The molecule has 3 aromatic rings. The van der Waals surface area contributed by atoms with Crippen LogP contribution in [-0.4, -0.2) is 10.9 Å². The summed E-state index contributed by atoms with van der Waals surface area (Å²) < 4.78 is 14.3. The van der Waals surface area contributed by atoms with Crippen LogP contribution in [0.1, 0.15) is 10.5 Å². The maximum Gasteiger partial charge on any atom is 0.272 e. The van der Waals surface area contributed by atoms with Gasteiger partial charge in [-0.05, 0) is 30.3 Å². The molecule has 0 aliphatic heterocycles. The lowest BCUT2D eigenvalue weighted by molar-refractivity contribution is 0.102. The Morgan fingerprint density at radius 2 is 2.05 bits per heavy atom. The van der Waals surface area contributed by atoms with Crippen molar-refractivity contribution in [3.8, 4) is 0 Å². The van der Waals surface area contributed by atoms with Gasteiger partial charge in [0.2, 0.25) is 0 Å². The number of aromatic nitrogens is 1. The smallest absolute Gasteiger partial charge is 0.272 e. The Labute approximate surface area is 128 Å². The predicted molar refractivity (Wildman–Crippen MR) is 84.8 cm³/mol. The number of hydrogen-bond donors (Lipinski definition) is 3. The molecule has 21 heavy (non-hydrogen) atoms. The Morgan fingerprint density at radius 1 is 1.24 bits per heavy atom. The molecule has 0 fully saturated rings. The van der Waals surface area contributed by atoms with Gasteiger partial charge in [0.25, 0.3) is 5.91 Å². The van der Waals surface area contributed by atoms with Crippen LogP contribution in [-0.2, 0) is 0 Å². The highest BCUT2D eigenvalue weighted by Crippen LogP contribution is 2.23. The van der Waals surface area contributed by atoms with E-state index in [2.05, 4.69) is 26.2 Å². The lowest BCUT2D eigenvalue weighted by atomic mass is 10.2. The number of para-hydroxylation sites is 1. The van der Waals surface area contributed by atoms with Crippen molar-refractivity contribution in [3.63, 3.8) is 0 Å². The summed E-state index contributed by atoms with van der Waals surface area (Å²) in [7, 11) is 0. The maximum absolute atomic E-state index is 13.6. The number of hydrogen-bond acceptors (Lipinski definition) is 2. The van der Waals surface area contributed by atoms with Crippen LogP contribution in [0.15, 0.2) is 46.9 Å². The van der Waals surface area contributed by atoms with Gasteiger partial charge < -0.3 is 16.0 Å². The Balaban J connectivity index is 1.93. The van der Waals surface area contributed by atoms with E-state index < -0.39 is 11.7 Å². The van der Waals surface area contributed by atoms with Crippen molar-refractivity contribution in [1.82, 2.24) is 4.98 Å². The number of benzene rings is 2. The van der Waals surface area contributed by atoms with Crippen LogP contribution in [0.3, 0.4) is 0 Å². The minimum atomic E-state index is -0.498. The predicted octanol–water partition coefficient (Wildman–Crippen LogP) is 3.90. The van der Waals surface area contributed by atoms with E-state index in [0.717, 1.165) is 5.39 Å². The molecule has 0 saturated heterocycles. The lowest BCUT2D eigenvalue weighted by Crippen LogP contribution is -2.13. The molecule has 2 aromatic carbocycles. The first-order chi connectivity index (χ1) is 10.0. The molecule has 0 radical (unpaired) electrons. The Hall–Kier alpha value is -2.34. The average molecular weight is 348 g/mol. The van der Waals surface area contributed by atoms with Gasteiger partial charge in [-0.25, -0.2) is 4.39 Å². The Bertz CT molecular complexity index is 844. The van der Waals surface area contributed by atoms with E-state index in [4.69, 9.17) is 5.73 Å². The van der Waals surface area contributed by atoms with Crippen molar-refractivity contribution in [3.05, 3.63) is 58.4 Å². The molecule has 0 aliphatic carbocycles. The number of nitrogen functional groups attached to an aromatic ring is 1. The van der Waals surface area contributed by atoms with Crippen molar-refractivity contribution in [2.75, 3.05) is 11.1 Å². The number of halogens is 2. The molecule has 3 rings (SSSR count). The summed E-state index contributed by atoms with van der Waals surface area (Å²) in [5, 5.41) is 3.36. The molecule has 0 saturated carbocycles. The van der Waals surface area contributed by atoms with E-state index in [-0.39, 0.29) is 5.69 Å². The summed E-state index contributed by atoms with van der Waals surface area (Å²) in [6.45, 7) is 0. The van der Waals surface area contributed by atoms with Crippen molar-refractivity contribution in [2.45, 2.75) is 0 Å². The van der Waals surface area contributed by atoms with Gasteiger partial charge in [0.15, 0.2) is 0 Å². The summed E-state index contributed by atoms with van der Waals surface area (Å²) in [4.78, 5) is 15.1. The van der Waals surface area contributed by atoms with Gasteiger partial charge in [0, 0.05) is 9.86 Å². The average Bonchev–Trinajstić information content (AvgIpc) is 2.88. The molecule has 4 nitrogen and oxygen atoms in total. The van der Waals surface area contributed by atoms with Gasteiger partial charge in [0.1, 0.15) is 11.5 Å². The molecule has 0 bridgehead atoms. The fourth-order valence-corrected chi connectivity index (χ4v) is 2.45. The van der Waals surface area contributed by atoms with E-state index in [9.17, 15) is 9.18 Å². The molecule has 0 spiro atoms. The van der Waals surface area contributed by atoms with E-state index in [1.54, 1.807) is 24.3 Å². The standard InChI is InChI=1S/C15H11BrFN3O/c16-9-4-5-10(17)12(7-9)20-15(21)13-6-8-2-1-3-11(18)14(8)19-13/h1-7,19H,18H2,(H,20,21). The molecule has 6 heteroatoms. The molecule has 106 valence electrons. The van der Waals surface area contributed by atoms with Crippen LogP contribution in [0.4, 0.5) is 15.8 Å². The zero-order valence-corrected chi connectivity index (χ0v) is 12.4. The van der Waals surface area contributed by atoms with Crippen molar-refractivity contribution in [1.29, 1.82) is 0 Å². The van der Waals surface area contributed by atoms with Crippen LogP contribution in [0.2, 0.25) is 0 Å². The summed E-state index contributed by atoms with van der Waals surface area (Å²) in [5.74, 6) is -0.926. The van der Waals surface area contributed by atoms with E-state index in [0.29, 0.717) is 21.4 Å². The molecule has 0 atom stereocenters. The molecule has 0 unspecified atom stereocenters. The first kappa shape index (κ1) is 13.6. The number of carbonyl (C=O) groups is 1. The third kappa shape index (κ3) is 2.62. The second-order valence-electron chi connectivity index (χ2n) is 4.57. The summed E-state index contributed by atoms with van der Waals surface area (Å²) >= 11 is 3.24. The molecular formula is C15H11BrFN3O. The number of anilines is 2. The third-order valence-corrected chi connectivity index (χ3v) is 3.60. The Kier molecular flexibility index (Phi) is 3.39.